The summed E-state index contributed by atoms with van der Waals surface area (Å²) >= 11 is 0. The Labute approximate surface area is 149 Å². The van der Waals surface area contributed by atoms with E-state index in [-0.39, 0.29) is 12.2 Å². The van der Waals surface area contributed by atoms with E-state index in [1.165, 1.54) is 4.31 Å². The number of likely N-dealkylation sites (N-methyl/N-ethyl adjacent to an activating group) is 1. The topological polar surface area (TPSA) is 62.7 Å². The van der Waals surface area contributed by atoms with Crippen LogP contribution in [0.5, 0.6) is 0 Å². The summed E-state index contributed by atoms with van der Waals surface area (Å²) in [5.41, 5.74) is 0. The monoisotopic (exact) mass is 363 g/mol. The van der Waals surface area contributed by atoms with E-state index in [4.69, 9.17) is 4.74 Å². The normalized spacial score (nSPS) is 22.6. The highest BCUT2D eigenvalue weighted by molar-refractivity contribution is 7.89. The van der Waals surface area contributed by atoms with Gasteiger partial charge in [0, 0.05) is 56.4 Å². The van der Waals surface area contributed by atoms with Crippen LogP contribution in [0.25, 0.3) is 10.8 Å². The van der Waals surface area contributed by atoms with E-state index in [0.717, 1.165) is 18.5 Å². The van der Waals surface area contributed by atoms with Gasteiger partial charge in [-0.25, -0.2) is 8.42 Å². The van der Waals surface area contributed by atoms with Crippen molar-refractivity contribution in [3.05, 3.63) is 36.7 Å². The average Bonchev–Trinajstić information content (AvgIpc) is 2.58. The van der Waals surface area contributed by atoms with E-state index in [9.17, 15) is 8.42 Å². The first-order valence-corrected chi connectivity index (χ1v) is 9.99. The average molecular weight is 363 g/mol. The van der Waals surface area contributed by atoms with Crippen molar-refractivity contribution >= 4 is 20.8 Å². The molecular weight excluding hydrogens is 338 g/mol. The molecule has 136 valence electrons. The van der Waals surface area contributed by atoms with Gasteiger partial charge in [-0.2, -0.15) is 4.31 Å². The third kappa shape index (κ3) is 4.00. The predicted octanol–water partition coefficient (Wildman–Crippen LogP) is 1.96. The van der Waals surface area contributed by atoms with Crippen molar-refractivity contribution in [2.75, 3.05) is 33.2 Å². The fraction of sp³-hybridized carbons (Fsp3) is 0.500. The lowest BCUT2D eigenvalue weighted by Gasteiger charge is -2.35. The molecule has 0 spiro atoms. The summed E-state index contributed by atoms with van der Waals surface area (Å²) in [6.45, 7) is 6.90. The molecule has 25 heavy (non-hydrogen) atoms. The number of sulfonamides is 1. The molecular formula is C18H25N3O3S. The van der Waals surface area contributed by atoms with E-state index in [1.54, 1.807) is 37.6 Å². The second-order valence-corrected chi connectivity index (χ2v) is 8.71. The molecule has 0 aliphatic carbocycles. The Balaban J connectivity index is 1.75. The van der Waals surface area contributed by atoms with E-state index in [2.05, 4.69) is 9.88 Å². The summed E-state index contributed by atoms with van der Waals surface area (Å²) in [7, 11) is -1.90. The maximum atomic E-state index is 13.0. The Bertz CT molecular complexity index is 825. The van der Waals surface area contributed by atoms with Crippen LogP contribution in [0.4, 0.5) is 0 Å². The Hall–Kier alpha value is -1.54. The second-order valence-electron chi connectivity index (χ2n) is 6.70. The first-order chi connectivity index (χ1) is 11.9. The molecule has 0 radical (unpaired) electrons. The van der Waals surface area contributed by atoms with Crippen LogP contribution in [0, 0.1) is 0 Å². The number of aromatic nitrogens is 1. The van der Waals surface area contributed by atoms with Crippen molar-refractivity contribution in [1.82, 2.24) is 14.2 Å². The molecule has 1 aliphatic heterocycles. The Morgan fingerprint density at radius 3 is 2.68 bits per heavy atom. The summed E-state index contributed by atoms with van der Waals surface area (Å²) in [4.78, 5) is 6.66. The van der Waals surface area contributed by atoms with Crippen molar-refractivity contribution in [2.45, 2.75) is 31.0 Å². The molecule has 6 nitrogen and oxygen atoms in total. The van der Waals surface area contributed by atoms with Gasteiger partial charge in [0.1, 0.15) is 0 Å². The quantitative estimate of drug-likeness (QED) is 0.813. The number of pyridine rings is 1. The largest absolute Gasteiger partial charge is 0.373 e. The van der Waals surface area contributed by atoms with E-state index >= 15 is 0 Å². The van der Waals surface area contributed by atoms with Gasteiger partial charge in [0.25, 0.3) is 0 Å². The number of hydrogen-bond acceptors (Lipinski definition) is 5. The Morgan fingerprint density at radius 2 is 1.96 bits per heavy atom. The van der Waals surface area contributed by atoms with Gasteiger partial charge in [-0.3, -0.25) is 9.88 Å². The van der Waals surface area contributed by atoms with Crippen LogP contribution in [0.3, 0.4) is 0 Å². The zero-order valence-electron chi connectivity index (χ0n) is 14.9. The van der Waals surface area contributed by atoms with Crippen LogP contribution < -0.4 is 0 Å². The van der Waals surface area contributed by atoms with E-state index in [0.29, 0.717) is 23.4 Å². The second kappa shape index (κ2) is 7.37. The van der Waals surface area contributed by atoms with Crippen LogP contribution in [-0.2, 0) is 14.8 Å². The van der Waals surface area contributed by atoms with E-state index < -0.39 is 10.0 Å². The zero-order chi connectivity index (χ0) is 18.0. The van der Waals surface area contributed by atoms with Crippen LogP contribution in [0.15, 0.2) is 41.6 Å². The third-order valence-electron chi connectivity index (χ3n) is 4.56. The molecule has 1 saturated heterocycles. The maximum absolute atomic E-state index is 13.0. The first kappa shape index (κ1) is 18.3. The zero-order valence-corrected chi connectivity index (χ0v) is 15.7. The number of nitrogens with zero attached hydrogens (tertiary/aromatic N) is 3. The van der Waals surface area contributed by atoms with Gasteiger partial charge in [0.2, 0.25) is 10.0 Å². The number of morpholine rings is 1. The summed E-state index contributed by atoms with van der Waals surface area (Å²) in [5, 5.41) is 1.53. The van der Waals surface area contributed by atoms with Crippen molar-refractivity contribution in [3.8, 4) is 0 Å². The SMILES string of the molecule is C[C@@H]1CN(CCN(C)S(=O)(=O)c2cccc3cnccc23)C[C@H](C)O1. The third-order valence-corrected chi connectivity index (χ3v) is 6.47. The highest BCUT2D eigenvalue weighted by Gasteiger charge is 2.26. The fourth-order valence-electron chi connectivity index (χ4n) is 3.36. The van der Waals surface area contributed by atoms with Crippen LogP contribution >= 0.6 is 0 Å². The summed E-state index contributed by atoms with van der Waals surface area (Å²) < 4.78 is 33.2. The molecule has 0 N–H and O–H groups in total. The van der Waals surface area contributed by atoms with Gasteiger partial charge in [-0.15, -0.1) is 0 Å². The number of hydrogen-bond donors (Lipinski definition) is 0. The number of ether oxygens (including phenoxy) is 1. The Kier molecular flexibility index (Phi) is 5.38. The number of rotatable bonds is 5. The Morgan fingerprint density at radius 1 is 1.24 bits per heavy atom. The molecule has 0 bridgehead atoms. The highest BCUT2D eigenvalue weighted by Crippen LogP contribution is 2.24. The van der Waals surface area contributed by atoms with Crippen LogP contribution in [0.2, 0.25) is 0 Å². The van der Waals surface area contributed by atoms with E-state index in [1.807, 2.05) is 19.9 Å². The van der Waals surface area contributed by atoms with Crippen LogP contribution in [-0.4, -0.2) is 68.0 Å². The maximum Gasteiger partial charge on any atom is 0.243 e. The molecule has 7 heteroatoms. The molecule has 1 aromatic carbocycles. The lowest BCUT2D eigenvalue weighted by molar-refractivity contribution is -0.0681. The lowest BCUT2D eigenvalue weighted by atomic mass is 10.2. The molecule has 2 heterocycles. The molecule has 2 aromatic rings. The highest BCUT2D eigenvalue weighted by atomic mass is 32.2. The molecule has 0 saturated carbocycles. The van der Waals surface area contributed by atoms with Crippen molar-refractivity contribution in [2.24, 2.45) is 0 Å². The van der Waals surface area contributed by atoms with Gasteiger partial charge in [-0.05, 0) is 26.0 Å². The van der Waals surface area contributed by atoms with Crippen molar-refractivity contribution in [3.63, 3.8) is 0 Å². The predicted molar refractivity (Wildman–Crippen MR) is 98.0 cm³/mol. The smallest absolute Gasteiger partial charge is 0.243 e. The first-order valence-electron chi connectivity index (χ1n) is 8.55. The minimum absolute atomic E-state index is 0.177. The summed E-state index contributed by atoms with van der Waals surface area (Å²) in [5.74, 6) is 0. The molecule has 0 unspecified atom stereocenters. The van der Waals surface area contributed by atoms with Gasteiger partial charge in [0.05, 0.1) is 17.1 Å². The minimum Gasteiger partial charge on any atom is -0.373 e. The summed E-state index contributed by atoms with van der Waals surface area (Å²) in [6, 6.07) is 7.04. The minimum atomic E-state index is -3.55. The molecule has 1 aromatic heterocycles. The van der Waals surface area contributed by atoms with Gasteiger partial charge >= 0.3 is 0 Å². The lowest BCUT2D eigenvalue weighted by Crippen LogP contribution is -2.48. The standard InChI is InChI=1S/C18H25N3O3S/c1-14-12-21(13-15(2)24-14)10-9-20(3)25(22,23)18-6-4-5-16-11-19-8-7-17(16)18/h4-8,11,14-15H,9-10,12-13H2,1-3H3/t14-,15+. The van der Waals surface area contributed by atoms with Gasteiger partial charge in [-0.1, -0.05) is 12.1 Å². The number of benzene rings is 1. The van der Waals surface area contributed by atoms with Gasteiger partial charge in [0.15, 0.2) is 0 Å². The van der Waals surface area contributed by atoms with Crippen molar-refractivity contribution in [1.29, 1.82) is 0 Å². The molecule has 1 fully saturated rings. The molecule has 2 atom stereocenters. The summed E-state index contributed by atoms with van der Waals surface area (Å²) in [6.07, 6.45) is 3.66. The molecule has 3 rings (SSSR count). The van der Waals surface area contributed by atoms with Gasteiger partial charge < -0.3 is 4.74 Å². The number of fused-ring (bicyclic) bond motifs is 1. The molecule has 0 amide bonds. The van der Waals surface area contributed by atoms with Crippen LogP contribution in [0.1, 0.15) is 13.8 Å². The van der Waals surface area contributed by atoms with Crippen molar-refractivity contribution < 1.29 is 13.2 Å². The molecule has 1 aliphatic rings. The fourth-order valence-corrected chi connectivity index (χ4v) is 4.73.